The molecule has 0 aliphatic carbocycles. The zero-order valence-electron chi connectivity index (χ0n) is 9.29. The molecular formula is C11H12N2O3S. The van der Waals surface area contributed by atoms with E-state index in [2.05, 4.69) is 4.98 Å². The van der Waals surface area contributed by atoms with Gasteiger partial charge in [-0.2, -0.15) is 0 Å². The van der Waals surface area contributed by atoms with Crippen molar-refractivity contribution in [2.45, 2.75) is 18.6 Å². The van der Waals surface area contributed by atoms with Crippen molar-refractivity contribution >= 4 is 17.7 Å². The van der Waals surface area contributed by atoms with Gasteiger partial charge in [-0.25, -0.2) is 4.98 Å². The lowest BCUT2D eigenvalue weighted by atomic mass is 10.4. The van der Waals surface area contributed by atoms with Crippen LogP contribution in [0.3, 0.4) is 0 Å². The van der Waals surface area contributed by atoms with Gasteiger partial charge < -0.3 is 14.1 Å². The Bertz CT molecular complexity index is 505. The summed E-state index contributed by atoms with van der Waals surface area (Å²) in [6.07, 6.45) is 3.50. The first-order valence-electron chi connectivity index (χ1n) is 5.06. The smallest absolute Gasteiger partial charge is 0.313 e. The van der Waals surface area contributed by atoms with Gasteiger partial charge in [-0.05, 0) is 19.1 Å². The molecule has 17 heavy (non-hydrogen) atoms. The van der Waals surface area contributed by atoms with E-state index < -0.39 is 5.97 Å². The predicted octanol–water partition coefficient (Wildman–Crippen LogP) is 2.01. The molecule has 0 spiro atoms. The molecule has 6 heteroatoms. The third-order valence-electron chi connectivity index (χ3n) is 2.09. The van der Waals surface area contributed by atoms with Gasteiger partial charge >= 0.3 is 5.97 Å². The summed E-state index contributed by atoms with van der Waals surface area (Å²) in [5, 5.41) is 9.35. The molecule has 0 bridgehead atoms. The molecule has 0 amide bonds. The zero-order chi connectivity index (χ0) is 12.3. The van der Waals surface area contributed by atoms with Crippen LogP contribution >= 0.6 is 11.8 Å². The number of aliphatic carboxylic acids is 1. The first kappa shape index (κ1) is 11.8. The number of furan rings is 1. The maximum atomic E-state index is 10.5. The van der Waals surface area contributed by atoms with Gasteiger partial charge in [-0.1, -0.05) is 11.8 Å². The number of carboxylic acid groups (broad SMARTS) is 1. The van der Waals surface area contributed by atoms with Crippen LogP contribution < -0.4 is 0 Å². The predicted molar refractivity (Wildman–Crippen MR) is 63.1 cm³/mol. The van der Waals surface area contributed by atoms with Crippen molar-refractivity contribution in [1.82, 2.24) is 9.55 Å². The highest BCUT2D eigenvalue weighted by Crippen LogP contribution is 2.19. The number of carboxylic acids is 1. The van der Waals surface area contributed by atoms with Crippen molar-refractivity contribution in [1.29, 1.82) is 0 Å². The van der Waals surface area contributed by atoms with E-state index in [0.29, 0.717) is 11.7 Å². The molecule has 0 aliphatic heterocycles. The minimum atomic E-state index is -0.847. The summed E-state index contributed by atoms with van der Waals surface area (Å²) in [4.78, 5) is 14.8. The summed E-state index contributed by atoms with van der Waals surface area (Å²) < 4.78 is 7.14. The van der Waals surface area contributed by atoms with Gasteiger partial charge in [0.15, 0.2) is 5.16 Å². The Morgan fingerprint density at radius 1 is 1.65 bits per heavy atom. The van der Waals surface area contributed by atoms with E-state index in [1.807, 2.05) is 29.8 Å². The summed E-state index contributed by atoms with van der Waals surface area (Å²) in [5.74, 6) is -0.0194. The first-order chi connectivity index (χ1) is 8.15. The molecule has 0 aromatic carbocycles. The fourth-order valence-electron chi connectivity index (χ4n) is 1.45. The average Bonchev–Trinajstić information content (AvgIpc) is 2.86. The molecule has 0 saturated carbocycles. The number of aromatic nitrogens is 2. The monoisotopic (exact) mass is 252 g/mol. The maximum absolute atomic E-state index is 10.5. The molecule has 0 atom stereocenters. The number of aryl methyl sites for hydroxylation is 1. The lowest BCUT2D eigenvalue weighted by molar-refractivity contribution is -0.133. The number of imidazole rings is 1. The van der Waals surface area contributed by atoms with Crippen molar-refractivity contribution in [2.24, 2.45) is 0 Å². The fourth-order valence-corrected chi connectivity index (χ4v) is 2.19. The molecule has 0 saturated heterocycles. The summed E-state index contributed by atoms with van der Waals surface area (Å²) in [7, 11) is 0. The molecule has 5 nitrogen and oxygen atoms in total. The number of thioether (sulfide) groups is 1. The largest absolute Gasteiger partial charge is 0.481 e. The van der Waals surface area contributed by atoms with Gasteiger partial charge in [0.25, 0.3) is 0 Å². The number of carbonyl (C=O) groups is 1. The molecule has 0 aliphatic rings. The number of nitrogens with zero attached hydrogens (tertiary/aromatic N) is 2. The Balaban J connectivity index is 2.12. The average molecular weight is 252 g/mol. The molecule has 2 heterocycles. The molecule has 0 unspecified atom stereocenters. The highest BCUT2D eigenvalue weighted by atomic mass is 32.2. The second-order valence-corrected chi connectivity index (χ2v) is 4.50. The van der Waals surface area contributed by atoms with Crippen LogP contribution in [0.2, 0.25) is 0 Å². The molecule has 0 fully saturated rings. The molecule has 1 N–H and O–H groups in total. The Kier molecular flexibility index (Phi) is 3.53. The van der Waals surface area contributed by atoms with E-state index in [9.17, 15) is 4.79 Å². The number of rotatable bonds is 5. The van der Waals surface area contributed by atoms with Crippen LogP contribution in [0.25, 0.3) is 0 Å². The van der Waals surface area contributed by atoms with Gasteiger partial charge in [0.05, 0.1) is 24.3 Å². The Labute approximate surface area is 102 Å². The van der Waals surface area contributed by atoms with Crippen molar-refractivity contribution in [3.05, 3.63) is 36.0 Å². The summed E-state index contributed by atoms with van der Waals surface area (Å²) in [6.45, 7) is 2.44. The van der Waals surface area contributed by atoms with Crippen LogP contribution in [-0.2, 0) is 11.3 Å². The highest BCUT2D eigenvalue weighted by Gasteiger charge is 2.09. The number of hydrogen-bond acceptors (Lipinski definition) is 4. The standard InChI is InChI=1S/C11H12N2O3S/c1-8-5-13(6-9-3-2-4-16-9)11(12-8)17-7-10(14)15/h2-5H,6-7H2,1H3,(H,14,15). The summed E-state index contributed by atoms with van der Waals surface area (Å²) >= 11 is 1.21. The third kappa shape index (κ3) is 3.13. The third-order valence-corrected chi connectivity index (χ3v) is 3.07. The van der Waals surface area contributed by atoms with E-state index in [-0.39, 0.29) is 5.75 Å². The zero-order valence-corrected chi connectivity index (χ0v) is 10.1. The van der Waals surface area contributed by atoms with Gasteiger partial charge in [-0.3, -0.25) is 4.79 Å². The van der Waals surface area contributed by atoms with Crippen molar-refractivity contribution < 1.29 is 14.3 Å². The van der Waals surface area contributed by atoms with Crippen LogP contribution in [0.5, 0.6) is 0 Å². The summed E-state index contributed by atoms with van der Waals surface area (Å²) in [5.41, 5.74) is 0.865. The maximum Gasteiger partial charge on any atom is 0.313 e. The van der Waals surface area contributed by atoms with Crippen LogP contribution in [0, 0.1) is 6.92 Å². The Morgan fingerprint density at radius 2 is 2.47 bits per heavy atom. The van der Waals surface area contributed by atoms with E-state index in [1.54, 1.807) is 6.26 Å². The van der Waals surface area contributed by atoms with Gasteiger partial charge in [0, 0.05) is 6.20 Å². The second kappa shape index (κ2) is 5.09. The molecule has 2 aromatic heterocycles. The topological polar surface area (TPSA) is 68.3 Å². The van der Waals surface area contributed by atoms with Gasteiger partial charge in [0.2, 0.25) is 0 Å². The van der Waals surface area contributed by atoms with E-state index in [4.69, 9.17) is 9.52 Å². The van der Waals surface area contributed by atoms with Gasteiger partial charge in [-0.15, -0.1) is 0 Å². The normalized spacial score (nSPS) is 10.6. The Hall–Kier alpha value is -1.69. The van der Waals surface area contributed by atoms with Crippen molar-refractivity contribution in [3.8, 4) is 0 Å². The van der Waals surface area contributed by atoms with E-state index in [0.717, 1.165) is 11.5 Å². The SMILES string of the molecule is Cc1cn(Cc2ccco2)c(SCC(=O)O)n1. The quantitative estimate of drug-likeness (QED) is 0.824. The fraction of sp³-hybridized carbons (Fsp3) is 0.273. The van der Waals surface area contributed by atoms with Gasteiger partial charge in [0.1, 0.15) is 5.76 Å². The molecule has 2 rings (SSSR count). The van der Waals surface area contributed by atoms with Crippen LogP contribution in [0.4, 0.5) is 0 Å². The van der Waals surface area contributed by atoms with Crippen LogP contribution in [0.15, 0.2) is 34.2 Å². The lowest BCUT2D eigenvalue weighted by Gasteiger charge is -2.03. The molecule has 2 aromatic rings. The minimum absolute atomic E-state index is 0.00854. The van der Waals surface area contributed by atoms with E-state index >= 15 is 0 Å². The molecule has 0 radical (unpaired) electrons. The molecule has 90 valence electrons. The Morgan fingerprint density at radius 3 is 3.12 bits per heavy atom. The first-order valence-corrected chi connectivity index (χ1v) is 6.04. The highest BCUT2D eigenvalue weighted by molar-refractivity contribution is 7.99. The van der Waals surface area contributed by atoms with Crippen molar-refractivity contribution in [2.75, 3.05) is 5.75 Å². The lowest BCUT2D eigenvalue weighted by Crippen LogP contribution is -2.03. The second-order valence-electron chi connectivity index (χ2n) is 3.55. The summed E-state index contributed by atoms with van der Waals surface area (Å²) in [6, 6.07) is 3.70. The van der Waals surface area contributed by atoms with Crippen molar-refractivity contribution in [3.63, 3.8) is 0 Å². The van der Waals surface area contributed by atoms with Crippen LogP contribution in [-0.4, -0.2) is 26.4 Å². The minimum Gasteiger partial charge on any atom is -0.481 e. The number of hydrogen-bond donors (Lipinski definition) is 1. The molecular weight excluding hydrogens is 240 g/mol. The van der Waals surface area contributed by atoms with Crippen LogP contribution in [0.1, 0.15) is 11.5 Å². The van der Waals surface area contributed by atoms with E-state index in [1.165, 1.54) is 11.8 Å².